The zero-order valence-corrected chi connectivity index (χ0v) is 12.7. The molecule has 1 aromatic rings. The topological polar surface area (TPSA) is 67.2 Å². The lowest BCUT2D eigenvalue weighted by Crippen LogP contribution is -2.33. The van der Waals surface area contributed by atoms with Gasteiger partial charge >= 0.3 is 0 Å². The monoisotopic (exact) mass is 285 g/mol. The molecular weight excluding hydrogens is 262 g/mol. The van der Waals surface area contributed by atoms with E-state index in [0.29, 0.717) is 12.3 Å². The average molecular weight is 285 g/mol. The fourth-order valence-corrected chi connectivity index (χ4v) is 2.60. The van der Waals surface area contributed by atoms with E-state index in [2.05, 4.69) is 22.7 Å². The van der Waals surface area contributed by atoms with Gasteiger partial charge in [0.15, 0.2) is 0 Å². The van der Waals surface area contributed by atoms with Crippen molar-refractivity contribution in [3.8, 4) is 0 Å². The summed E-state index contributed by atoms with van der Waals surface area (Å²) < 4.78 is 5.08. The molecule has 1 amide bonds. The molecule has 6 heteroatoms. The van der Waals surface area contributed by atoms with Crippen LogP contribution in [0, 0.1) is 13.8 Å². The largest absolute Gasteiger partial charge is 0.361 e. The number of carbonyl (C=O) groups excluding carboxylic acids is 1. The first-order valence-electron chi connectivity index (χ1n) is 6.62. The molecule has 108 valence electrons. The summed E-state index contributed by atoms with van der Waals surface area (Å²) in [5, 5.41) is 10.0. The van der Waals surface area contributed by atoms with Gasteiger partial charge in [0.05, 0.1) is 11.4 Å². The summed E-state index contributed by atoms with van der Waals surface area (Å²) in [7, 11) is 0. The van der Waals surface area contributed by atoms with Gasteiger partial charge in [-0.15, -0.1) is 11.8 Å². The van der Waals surface area contributed by atoms with Crippen LogP contribution in [0.15, 0.2) is 4.52 Å². The quantitative estimate of drug-likeness (QED) is 0.675. The molecule has 0 aliphatic rings. The molecule has 1 aromatic heterocycles. The smallest absolute Gasteiger partial charge is 0.230 e. The first-order valence-corrected chi connectivity index (χ1v) is 7.77. The highest BCUT2D eigenvalue weighted by molar-refractivity contribution is 7.99. The summed E-state index contributed by atoms with van der Waals surface area (Å²) in [6, 6.07) is 0. The van der Waals surface area contributed by atoms with Crippen molar-refractivity contribution in [1.82, 2.24) is 15.8 Å². The Hall–Kier alpha value is -1.01. The lowest BCUT2D eigenvalue weighted by Gasteiger charge is -2.06. The van der Waals surface area contributed by atoms with E-state index in [9.17, 15) is 4.79 Å². The summed E-state index contributed by atoms with van der Waals surface area (Å²) in [6.45, 7) is 8.45. The molecule has 0 unspecified atom stereocenters. The normalized spacial score (nSPS) is 10.7. The minimum Gasteiger partial charge on any atom is -0.361 e. The van der Waals surface area contributed by atoms with Gasteiger partial charge in [0, 0.05) is 24.4 Å². The van der Waals surface area contributed by atoms with Crippen LogP contribution in [-0.4, -0.2) is 36.5 Å². The van der Waals surface area contributed by atoms with Crippen LogP contribution in [0.25, 0.3) is 0 Å². The molecule has 0 spiro atoms. The molecule has 1 heterocycles. The first-order chi connectivity index (χ1) is 9.15. The number of hydrogen-bond donors (Lipinski definition) is 2. The highest BCUT2D eigenvalue weighted by Gasteiger charge is 2.09. The van der Waals surface area contributed by atoms with Crippen molar-refractivity contribution in [3.05, 3.63) is 17.0 Å². The summed E-state index contributed by atoms with van der Waals surface area (Å²) in [5.74, 6) is 2.16. The van der Waals surface area contributed by atoms with Crippen molar-refractivity contribution in [2.24, 2.45) is 0 Å². The Morgan fingerprint density at radius 1 is 1.32 bits per heavy atom. The van der Waals surface area contributed by atoms with Crippen LogP contribution in [-0.2, 0) is 10.5 Å². The predicted octanol–water partition coefficient (Wildman–Crippen LogP) is 1.64. The maximum absolute atomic E-state index is 11.6. The predicted molar refractivity (Wildman–Crippen MR) is 78.3 cm³/mol. The number of nitrogens with zero attached hydrogens (tertiary/aromatic N) is 1. The number of thioether (sulfide) groups is 1. The Balaban J connectivity index is 2.10. The third kappa shape index (κ3) is 6.11. The SMILES string of the molecule is CCCNCCNC(=O)CSCc1c(C)noc1C. The van der Waals surface area contributed by atoms with Crippen molar-refractivity contribution >= 4 is 17.7 Å². The second-order valence-electron chi connectivity index (χ2n) is 4.40. The molecule has 0 saturated heterocycles. The fourth-order valence-electron chi connectivity index (χ4n) is 1.60. The van der Waals surface area contributed by atoms with Crippen LogP contribution in [0.1, 0.15) is 30.4 Å². The number of aryl methyl sites for hydroxylation is 2. The maximum Gasteiger partial charge on any atom is 0.230 e. The van der Waals surface area contributed by atoms with Crippen LogP contribution in [0.4, 0.5) is 0 Å². The van der Waals surface area contributed by atoms with Crippen LogP contribution in [0.5, 0.6) is 0 Å². The van der Waals surface area contributed by atoms with E-state index in [1.165, 1.54) is 0 Å². The van der Waals surface area contributed by atoms with Gasteiger partial charge in [-0.05, 0) is 26.8 Å². The van der Waals surface area contributed by atoms with Crippen molar-refractivity contribution in [2.45, 2.75) is 32.9 Å². The summed E-state index contributed by atoms with van der Waals surface area (Å²) in [5.41, 5.74) is 2.01. The second-order valence-corrected chi connectivity index (χ2v) is 5.38. The van der Waals surface area contributed by atoms with Crippen LogP contribution in [0.2, 0.25) is 0 Å². The first kappa shape index (κ1) is 16.0. The third-order valence-corrected chi connectivity index (χ3v) is 3.67. The number of aromatic nitrogens is 1. The zero-order chi connectivity index (χ0) is 14.1. The van der Waals surface area contributed by atoms with Gasteiger partial charge in [-0.25, -0.2) is 0 Å². The van der Waals surface area contributed by atoms with E-state index in [4.69, 9.17) is 4.52 Å². The fraction of sp³-hybridized carbons (Fsp3) is 0.692. The molecule has 0 radical (unpaired) electrons. The molecule has 0 aliphatic heterocycles. The third-order valence-electron chi connectivity index (χ3n) is 2.71. The molecule has 0 atom stereocenters. The van der Waals surface area contributed by atoms with E-state index in [1.807, 2.05) is 13.8 Å². The number of carbonyl (C=O) groups is 1. The number of hydrogen-bond acceptors (Lipinski definition) is 5. The Kier molecular flexibility index (Phi) is 7.59. The van der Waals surface area contributed by atoms with Gasteiger partial charge in [-0.2, -0.15) is 0 Å². The van der Waals surface area contributed by atoms with E-state index in [-0.39, 0.29) is 5.91 Å². The zero-order valence-electron chi connectivity index (χ0n) is 11.9. The van der Waals surface area contributed by atoms with Crippen molar-refractivity contribution in [2.75, 3.05) is 25.4 Å². The van der Waals surface area contributed by atoms with Gasteiger partial charge < -0.3 is 15.2 Å². The van der Waals surface area contributed by atoms with Crippen LogP contribution < -0.4 is 10.6 Å². The Morgan fingerprint density at radius 3 is 2.74 bits per heavy atom. The van der Waals surface area contributed by atoms with Crippen molar-refractivity contribution in [1.29, 1.82) is 0 Å². The summed E-state index contributed by atoms with van der Waals surface area (Å²) >= 11 is 1.58. The van der Waals surface area contributed by atoms with Crippen LogP contribution >= 0.6 is 11.8 Å². The highest BCUT2D eigenvalue weighted by atomic mass is 32.2. The molecule has 0 aliphatic carbocycles. The minimum absolute atomic E-state index is 0.0788. The Morgan fingerprint density at radius 2 is 2.11 bits per heavy atom. The Bertz CT molecular complexity index is 374. The van der Waals surface area contributed by atoms with Gasteiger partial charge in [0.2, 0.25) is 5.91 Å². The minimum atomic E-state index is 0.0788. The second kappa shape index (κ2) is 8.98. The van der Waals surface area contributed by atoms with Gasteiger partial charge in [-0.3, -0.25) is 4.79 Å². The molecule has 0 aromatic carbocycles. The maximum atomic E-state index is 11.6. The van der Waals surface area contributed by atoms with Gasteiger partial charge in [0.1, 0.15) is 5.76 Å². The number of amides is 1. The molecule has 0 saturated carbocycles. The molecule has 19 heavy (non-hydrogen) atoms. The highest BCUT2D eigenvalue weighted by Crippen LogP contribution is 2.18. The molecule has 5 nitrogen and oxygen atoms in total. The van der Waals surface area contributed by atoms with Crippen molar-refractivity contribution < 1.29 is 9.32 Å². The average Bonchev–Trinajstić information content (AvgIpc) is 2.70. The van der Waals surface area contributed by atoms with Crippen molar-refractivity contribution in [3.63, 3.8) is 0 Å². The molecular formula is C13H23N3O2S. The summed E-state index contributed by atoms with van der Waals surface area (Å²) in [6.07, 6.45) is 1.11. The number of rotatable bonds is 9. The molecule has 1 rings (SSSR count). The van der Waals surface area contributed by atoms with E-state index in [0.717, 1.165) is 42.3 Å². The van der Waals surface area contributed by atoms with Crippen LogP contribution in [0.3, 0.4) is 0 Å². The van der Waals surface area contributed by atoms with Gasteiger partial charge in [0.25, 0.3) is 0 Å². The van der Waals surface area contributed by atoms with E-state index < -0.39 is 0 Å². The van der Waals surface area contributed by atoms with E-state index in [1.54, 1.807) is 11.8 Å². The Labute approximate surface area is 118 Å². The standard InChI is InChI=1S/C13H23N3O2S/c1-4-5-14-6-7-15-13(17)9-19-8-12-10(2)16-18-11(12)3/h14H,4-9H2,1-3H3,(H,15,17). The lowest BCUT2D eigenvalue weighted by molar-refractivity contribution is -0.118. The van der Waals surface area contributed by atoms with Gasteiger partial charge in [-0.1, -0.05) is 12.1 Å². The molecule has 0 bridgehead atoms. The number of nitrogens with one attached hydrogen (secondary N) is 2. The molecule has 2 N–H and O–H groups in total. The van der Waals surface area contributed by atoms with E-state index >= 15 is 0 Å². The lowest BCUT2D eigenvalue weighted by atomic mass is 10.2. The summed E-state index contributed by atoms with van der Waals surface area (Å²) in [4.78, 5) is 11.6. The molecule has 0 fully saturated rings.